The first kappa shape index (κ1) is 11.0. The van der Waals surface area contributed by atoms with Crippen LogP contribution < -0.4 is 4.74 Å². The SMILES string of the molecule is Cc1cccnc1COc1ccccc1Cl. The van der Waals surface area contributed by atoms with Crippen molar-refractivity contribution in [2.75, 3.05) is 0 Å². The first-order chi connectivity index (χ1) is 7.77. The van der Waals surface area contributed by atoms with E-state index in [0.29, 0.717) is 17.4 Å². The van der Waals surface area contributed by atoms with Gasteiger partial charge in [-0.15, -0.1) is 0 Å². The number of aromatic nitrogens is 1. The molecule has 0 amide bonds. The van der Waals surface area contributed by atoms with Gasteiger partial charge in [-0.25, -0.2) is 0 Å². The minimum absolute atomic E-state index is 0.441. The van der Waals surface area contributed by atoms with Crippen LogP contribution in [-0.4, -0.2) is 4.98 Å². The van der Waals surface area contributed by atoms with Crippen LogP contribution in [0.3, 0.4) is 0 Å². The number of hydrogen-bond donors (Lipinski definition) is 0. The molecule has 0 saturated carbocycles. The smallest absolute Gasteiger partial charge is 0.138 e. The number of rotatable bonds is 3. The normalized spacial score (nSPS) is 10.1. The Hall–Kier alpha value is -1.54. The van der Waals surface area contributed by atoms with Gasteiger partial charge in [-0.05, 0) is 30.7 Å². The van der Waals surface area contributed by atoms with Crippen molar-refractivity contribution in [2.24, 2.45) is 0 Å². The van der Waals surface area contributed by atoms with Crippen molar-refractivity contribution in [1.82, 2.24) is 4.98 Å². The molecular formula is C13H12ClNO. The largest absolute Gasteiger partial charge is 0.486 e. The maximum atomic E-state index is 5.98. The van der Waals surface area contributed by atoms with E-state index in [1.807, 2.05) is 43.3 Å². The van der Waals surface area contributed by atoms with E-state index < -0.39 is 0 Å². The summed E-state index contributed by atoms with van der Waals surface area (Å²) in [5, 5.41) is 0.621. The van der Waals surface area contributed by atoms with Crippen molar-refractivity contribution < 1.29 is 4.74 Å². The Labute approximate surface area is 99.9 Å². The summed E-state index contributed by atoms with van der Waals surface area (Å²) >= 11 is 5.98. The Morgan fingerprint density at radius 2 is 2.00 bits per heavy atom. The zero-order chi connectivity index (χ0) is 11.4. The molecule has 2 nitrogen and oxygen atoms in total. The van der Waals surface area contributed by atoms with Crippen molar-refractivity contribution in [1.29, 1.82) is 0 Å². The lowest BCUT2D eigenvalue weighted by atomic mass is 10.2. The number of hydrogen-bond acceptors (Lipinski definition) is 2. The van der Waals surface area contributed by atoms with Crippen LogP contribution in [-0.2, 0) is 6.61 Å². The van der Waals surface area contributed by atoms with Gasteiger partial charge in [0.15, 0.2) is 0 Å². The highest BCUT2D eigenvalue weighted by Gasteiger charge is 2.02. The van der Waals surface area contributed by atoms with Crippen molar-refractivity contribution in [3.63, 3.8) is 0 Å². The molecule has 0 bridgehead atoms. The lowest BCUT2D eigenvalue weighted by Gasteiger charge is -2.08. The molecule has 16 heavy (non-hydrogen) atoms. The molecule has 0 radical (unpaired) electrons. The van der Waals surface area contributed by atoms with Crippen LogP contribution in [0.2, 0.25) is 5.02 Å². The number of pyridine rings is 1. The predicted molar refractivity (Wildman–Crippen MR) is 64.8 cm³/mol. The van der Waals surface area contributed by atoms with Crippen molar-refractivity contribution >= 4 is 11.6 Å². The van der Waals surface area contributed by atoms with E-state index in [0.717, 1.165) is 11.3 Å². The molecular weight excluding hydrogens is 222 g/mol. The highest BCUT2D eigenvalue weighted by molar-refractivity contribution is 6.32. The van der Waals surface area contributed by atoms with Crippen molar-refractivity contribution in [3.8, 4) is 5.75 Å². The number of aryl methyl sites for hydroxylation is 1. The fourth-order valence-electron chi connectivity index (χ4n) is 1.38. The summed E-state index contributed by atoms with van der Waals surface area (Å²) < 4.78 is 5.61. The summed E-state index contributed by atoms with van der Waals surface area (Å²) in [6.07, 6.45) is 1.76. The number of ether oxygens (including phenoxy) is 1. The first-order valence-electron chi connectivity index (χ1n) is 5.05. The summed E-state index contributed by atoms with van der Waals surface area (Å²) in [5.74, 6) is 0.689. The predicted octanol–water partition coefficient (Wildman–Crippen LogP) is 3.62. The molecule has 0 aliphatic rings. The third-order valence-corrected chi connectivity index (χ3v) is 2.63. The molecule has 2 rings (SSSR count). The highest BCUT2D eigenvalue weighted by atomic mass is 35.5. The van der Waals surface area contributed by atoms with Gasteiger partial charge in [0.1, 0.15) is 12.4 Å². The second-order valence-electron chi connectivity index (χ2n) is 3.49. The van der Waals surface area contributed by atoms with Gasteiger partial charge in [0.05, 0.1) is 10.7 Å². The van der Waals surface area contributed by atoms with Crippen molar-refractivity contribution in [3.05, 3.63) is 58.9 Å². The third-order valence-electron chi connectivity index (χ3n) is 2.32. The second kappa shape index (κ2) is 4.99. The molecule has 0 aliphatic heterocycles. The molecule has 1 heterocycles. The highest BCUT2D eigenvalue weighted by Crippen LogP contribution is 2.24. The van der Waals surface area contributed by atoms with Crippen molar-refractivity contribution in [2.45, 2.75) is 13.5 Å². The first-order valence-corrected chi connectivity index (χ1v) is 5.43. The summed E-state index contributed by atoms with van der Waals surface area (Å²) in [6, 6.07) is 11.4. The van der Waals surface area contributed by atoms with Gasteiger partial charge in [-0.3, -0.25) is 4.98 Å². The van der Waals surface area contributed by atoms with E-state index in [4.69, 9.17) is 16.3 Å². The van der Waals surface area contributed by atoms with E-state index in [-0.39, 0.29) is 0 Å². The Balaban J connectivity index is 2.09. The minimum Gasteiger partial charge on any atom is -0.486 e. The molecule has 0 unspecified atom stereocenters. The molecule has 0 spiro atoms. The van der Waals surface area contributed by atoms with E-state index >= 15 is 0 Å². The van der Waals surface area contributed by atoms with Gasteiger partial charge < -0.3 is 4.74 Å². The van der Waals surface area contributed by atoms with Crippen LogP contribution in [0.5, 0.6) is 5.75 Å². The fourth-order valence-corrected chi connectivity index (χ4v) is 1.57. The zero-order valence-corrected chi connectivity index (χ0v) is 9.74. The van der Waals surface area contributed by atoms with E-state index in [1.54, 1.807) is 6.20 Å². The summed E-state index contributed by atoms with van der Waals surface area (Å²) in [6.45, 7) is 2.45. The van der Waals surface area contributed by atoms with Crippen LogP contribution >= 0.6 is 11.6 Å². The Morgan fingerprint density at radius 1 is 1.19 bits per heavy atom. The average molecular weight is 234 g/mol. The lowest BCUT2D eigenvalue weighted by Crippen LogP contribution is -2.00. The maximum absolute atomic E-state index is 5.98. The van der Waals surface area contributed by atoms with Crippen LogP contribution in [0.15, 0.2) is 42.6 Å². The van der Waals surface area contributed by atoms with Crippen LogP contribution in [0, 0.1) is 6.92 Å². The number of nitrogens with zero attached hydrogens (tertiary/aromatic N) is 1. The van der Waals surface area contributed by atoms with Gasteiger partial charge in [0.25, 0.3) is 0 Å². The summed E-state index contributed by atoms with van der Waals surface area (Å²) in [7, 11) is 0. The monoisotopic (exact) mass is 233 g/mol. The lowest BCUT2D eigenvalue weighted by molar-refractivity contribution is 0.300. The fraction of sp³-hybridized carbons (Fsp3) is 0.154. The van der Waals surface area contributed by atoms with Crippen LogP contribution in [0.1, 0.15) is 11.3 Å². The van der Waals surface area contributed by atoms with Gasteiger partial charge >= 0.3 is 0 Å². The maximum Gasteiger partial charge on any atom is 0.138 e. The minimum atomic E-state index is 0.441. The zero-order valence-electron chi connectivity index (χ0n) is 8.98. The molecule has 0 N–H and O–H groups in total. The van der Waals surface area contributed by atoms with Gasteiger partial charge in [0, 0.05) is 6.20 Å². The number of para-hydroxylation sites is 1. The van der Waals surface area contributed by atoms with E-state index in [2.05, 4.69) is 4.98 Å². The topological polar surface area (TPSA) is 22.1 Å². The molecule has 3 heteroatoms. The molecule has 1 aromatic carbocycles. The molecule has 0 saturated heterocycles. The Kier molecular flexibility index (Phi) is 3.42. The van der Waals surface area contributed by atoms with Crippen LogP contribution in [0.25, 0.3) is 0 Å². The Morgan fingerprint density at radius 3 is 2.75 bits per heavy atom. The van der Waals surface area contributed by atoms with Gasteiger partial charge in [0.2, 0.25) is 0 Å². The molecule has 1 aromatic heterocycles. The van der Waals surface area contributed by atoms with E-state index in [1.165, 1.54) is 0 Å². The molecule has 2 aromatic rings. The van der Waals surface area contributed by atoms with Gasteiger partial charge in [-0.2, -0.15) is 0 Å². The summed E-state index contributed by atoms with van der Waals surface area (Å²) in [5.41, 5.74) is 2.05. The van der Waals surface area contributed by atoms with Crippen LogP contribution in [0.4, 0.5) is 0 Å². The Bertz CT molecular complexity index is 439. The molecule has 0 atom stereocenters. The molecule has 0 aliphatic carbocycles. The van der Waals surface area contributed by atoms with E-state index in [9.17, 15) is 0 Å². The summed E-state index contributed by atoms with van der Waals surface area (Å²) in [4.78, 5) is 4.25. The molecule has 0 fully saturated rings. The standard InChI is InChI=1S/C13H12ClNO/c1-10-5-4-8-15-12(10)9-16-13-7-3-2-6-11(13)14/h2-8H,9H2,1H3. The number of benzene rings is 1. The average Bonchev–Trinajstić information content (AvgIpc) is 2.30. The third kappa shape index (κ3) is 2.52. The number of halogens is 1. The quantitative estimate of drug-likeness (QED) is 0.808. The molecule has 82 valence electrons. The second-order valence-corrected chi connectivity index (χ2v) is 3.89. The van der Waals surface area contributed by atoms with Gasteiger partial charge in [-0.1, -0.05) is 29.8 Å².